The Kier molecular flexibility index (Phi) is 5.62. The highest BCUT2D eigenvalue weighted by atomic mass is 16.2. The highest BCUT2D eigenvalue weighted by molar-refractivity contribution is 5.92. The monoisotopic (exact) mass is 289 g/mol. The van der Waals surface area contributed by atoms with Crippen LogP contribution in [0, 0.1) is 12.8 Å². The van der Waals surface area contributed by atoms with Crippen LogP contribution in [0.4, 0.5) is 10.5 Å². The van der Waals surface area contributed by atoms with Gasteiger partial charge in [0.05, 0.1) is 0 Å². The zero-order valence-corrected chi connectivity index (χ0v) is 13.2. The molecule has 1 aliphatic rings. The van der Waals surface area contributed by atoms with E-state index in [2.05, 4.69) is 26.0 Å². The quantitative estimate of drug-likeness (QED) is 0.926. The summed E-state index contributed by atoms with van der Waals surface area (Å²) in [6.07, 6.45) is 3.14. The predicted octanol–water partition coefficient (Wildman–Crippen LogP) is 3.00. The summed E-state index contributed by atoms with van der Waals surface area (Å²) < 4.78 is 0. The van der Waals surface area contributed by atoms with Gasteiger partial charge in [-0.15, -0.1) is 0 Å². The first-order valence-corrected chi connectivity index (χ1v) is 7.95. The predicted molar refractivity (Wildman–Crippen MR) is 87.6 cm³/mol. The van der Waals surface area contributed by atoms with Crippen molar-refractivity contribution >= 4 is 11.7 Å². The Bertz CT molecular complexity index is 475. The summed E-state index contributed by atoms with van der Waals surface area (Å²) in [5, 5.41) is 0. The Morgan fingerprint density at radius 3 is 2.95 bits per heavy atom. The molecule has 1 heterocycles. The first-order valence-electron chi connectivity index (χ1n) is 7.95. The van der Waals surface area contributed by atoms with E-state index < -0.39 is 0 Å². The molecule has 0 aromatic heterocycles. The minimum absolute atomic E-state index is 0.126. The van der Waals surface area contributed by atoms with E-state index in [4.69, 9.17) is 5.73 Å². The van der Waals surface area contributed by atoms with Crippen LogP contribution in [0.5, 0.6) is 0 Å². The van der Waals surface area contributed by atoms with E-state index in [1.165, 1.54) is 12.0 Å². The fourth-order valence-electron chi connectivity index (χ4n) is 2.91. The third-order valence-electron chi connectivity index (χ3n) is 4.06. The van der Waals surface area contributed by atoms with Gasteiger partial charge in [-0.2, -0.15) is 0 Å². The van der Waals surface area contributed by atoms with E-state index in [1.807, 2.05) is 21.9 Å². The van der Waals surface area contributed by atoms with Gasteiger partial charge >= 0.3 is 6.03 Å². The van der Waals surface area contributed by atoms with Crippen molar-refractivity contribution in [2.24, 2.45) is 11.7 Å². The van der Waals surface area contributed by atoms with Gasteiger partial charge in [-0.05, 0) is 56.3 Å². The van der Waals surface area contributed by atoms with Crippen molar-refractivity contribution in [1.82, 2.24) is 4.90 Å². The van der Waals surface area contributed by atoms with E-state index in [0.717, 1.165) is 31.6 Å². The number of urea groups is 1. The number of hydrogen-bond acceptors (Lipinski definition) is 2. The maximum Gasteiger partial charge on any atom is 0.324 e. The Labute approximate surface area is 127 Å². The van der Waals surface area contributed by atoms with Crippen LogP contribution in [0.3, 0.4) is 0 Å². The number of piperidine rings is 1. The number of carbonyl (C=O) groups excluding carboxylic acids is 1. The third kappa shape index (κ3) is 4.21. The lowest BCUT2D eigenvalue weighted by Gasteiger charge is -2.35. The molecule has 21 heavy (non-hydrogen) atoms. The number of nitrogens with two attached hydrogens (primary N) is 1. The molecule has 0 aliphatic carbocycles. The average Bonchev–Trinajstić information content (AvgIpc) is 2.47. The summed E-state index contributed by atoms with van der Waals surface area (Å²) in [6.45, 7) is 7.29. The first kappa shape index (κ1) is 15.8. The zero-order valence-electron chi connectivity index (χ0n) is 13.2. The molecule has 2 rings (SSSR count). The van der Waals surface area contributed by atoms with Crippen LogP contribution in [0.15, 0.2) is 24.3 Å². The molecular formula is C17H27N3O. The van der Waals surface area contributed by atoms with Crippen molar-refractivity contribution < 1.29 is 4.79 Å². The summed E-state index contributed by atoms with van der Waals surface area (Å²) in [4.78, 5) is 16.8. The molecule has 0 saturated carbocycles. The smallest absolute Gasteiger partial charge is 0.324 e. The summed E-state index contributed by atoms with van der Waals surface area (Å²) >= 11 is 0. The number of amides is 2. The molecule has 116 valence electrons. The van der Waals surface area contributed by atoms with Crippen LogP contribution >= 0.6 is 0 Å². The van der Waals surface area contributed by atoms with Crippen molar-refractivity contribution in [3.8, 4) is 0 Å². The van der Waals surface area contributed by atoms with Gasteiger partial charge < -0.3 is 10.6 Å². The maximum atomic E-state index is 12.9. The van der Waals surface area contributed by atoms with Gasteiger partial charge in [0, 0.05) is 25.3 Å². The topological polar surface area (TPSA) is 49.6 Å². The standard InChI is InChI=1S/C17H27N3O/c1-14-6-3-8-16(12-14)20(11-5-9-18)17(21)19-10-4-7-15(2)13-19/h3,6,8,12,15H,4-5,7,9-11,13,18H2,1-2H3. The number of likely N-dealkylation sites (tertiary alicyclic amines) is 1. The second kappa shape index (κ2) is 7.46. The van der Waals surface area contributed by atoms with Gasteiger partial charge in [-0.3, -0.25) is 4.90 Å². The number of aryl methyl sites for hydroxylation is 1. The number of benzene rings is 1. The third-order valence-corrected chi connectivity index (χ3v) is 4.06. The van der Waals surface area contributed by atoms with Gasteiger partial charge in [-0.1, -0.05) is 19.1 Å². The molecule has 0 bridgehead atoms. The fraction of sp³-hybridized carbons (Fsp3) is 0.588. The van der Waals surface area contributed by atoms with E-state index in [-0.39, 0.29) is 6.03 Å². The Morgan fingerprint density at radius 2 is 2.29 bits per heavy atom. The fourth-order valence-corrected chi connectivity index (χ4v) is 2.91. The molecule has 1 fully saturated rings. The number of nitrogens with zero attached hydrogens (tertiary/aromatic N) is 2. The second-order valence-corrected chi connectivity index (χ2v) is 6.11. The van der Waals surface area contributed by atoms with Crippen LogP contribution in [0.25, 0.3) is 0 Å². The SMILES string of the molecule is Cc1cccc(N(CCCN)C(=O)N2CCCC(C)C2)c1. The van der Waals surface area contributed by atoms with E-state index in [1.54, 1.807) is 0 Å². The molecule has 4 nitrogen and oxygen atoms in total. The van der Waals surface area contributed by atoms with E-state index in [0.29, 0.717) is 19.0 Å². The first-order chi connectivity index (χ1) is 10.1. The van der Waals surface area contributed by atoms with Gasteiger partial charge in [-0.25, -0.2) is 4.79 Å². The maximum absolute atomic E-state index is 12.9. The zero-order chi connectivity index (χ0) is 15.2. The lowest BCUT2D eigenvalue weighted by molar-refractivity contribution is 0.176. The lowest BCUT2D eigenvalue weighted by Crippen LogP contribution is -2.48. The molecule has 1 aromatic carbocycles. The molecule has 1 aromatic rings. The van der Waals surface area contributed by atoms with E-state index >= 15 is 0 Å². The van der Waals surface area contributed by atoms with E-state index in [9.17, 15) is 4.79 Å². The Balaban J connectivity index is 2.16. The molecule has 2 amide bonds. The highest BCUT2D eigenvalue weighted by Gasteiger charge is 2.26. The van der Waals surface area contributed by atoms with Crippen molar-refractivity contribution in [3.05, 3.63) is 29.8 Å². The normalized spacial score (nSPS) is 18.6. The summed E-state index contributed by atoms with van der Waals surface area (Å²) in [6, 6.07) is 8.27. The summed E-state index contributed by atoms with van der Waals surface area (Å²) in [5.74, 6) is 0.594. The molecule has 1 saturated heterocycles. The van der Waals surface area contributed by atoms with Gasteiger partial charge in [0.25, 0.3) is 0 Å². The Hall–Kier alpha value is -1.55. The van der Waals surface area contributed by atoms with Gasteiger partial charge in [0.15, 0.2) is 0 Å². The minimum atomic E-state index is 0.126. The van der Waals surface area contributed by atoms with Crippen molar-refractivity contribution in [2.75, 3.05) is 31.1 Å². The number of hydrogen-bond donors (Lipinski definition) is 1. The van der Waals surface area contributed by atoms with Crippen LogP contribution in [0.2, 0.25) is 0 Å². The summed E-state index contributed by atoms with van der Waals surface area (Å²) in [7, 11) is 0. The molecule has 1 atom stereocenters. The van der Waals surface area contributed by atoms with Gasteiger partial charge in [0.2, 0.25) is 0 Å². The van der Waals surface area contributed by atoms with Crippen LogP contribution in [-0.4, -0.2) is 37.1 Å². The van der Waals surface area contributed by atoms with Crippen LogP contribution < -0.4 is 10.6 Å². The lowest BCUT2D eigenvalue weighted by atomic mass is 10.0. The van der Waals surface area contributed by atoms with Gasteiger partial charge in [0.1, 0.15) is 0 Å². The molecule has 2 N–H and O–H groups in total. The molecule has 0 radical (unpaired) electrons. The average molecular weight is 289 g/mol. The molecule has 4 heteroatoms. The number of anilines is 1. The number of rotatable bonds is 4. The highest BCUT2D eigenvalue weighted by Crippen LogP contribution is 2.22. The molecule has 0 spiro atoms. The largest absolute Gasteiger partial charge is 0.330 e. The van der Waals surface area contributed by atoms with Crippen molar-refractivity contribution in [3.63, 3.8) is 0 Å². The molecular weight excluding hydrogens is 262 g/mol. The van der Waals surface area contributed by atoms with Crippen LogP contribution in [0.1, 0.15) is 31.7 Å². The summed E-state index contributed by atoms with van der Waals surface area (Å²) in [5.41, 5.74) is 7.78. The van der Waals surface area contributed by atoms with Crippen molar-refractivity contribution in [1.29, 1.82) is 0 Å². The van der Waals surface area contributed by atoms with Crippen molar-refractivity contribution in [2.45, 2.75) is 33.1 Å². The molecule has 1 unspecified atom stereocenters. The second-order valence-electron chi connectivity index (χ2n) is 6.11. The number of carbonyl (C=O) groups is 1. The minimum Gasteiger partial charge on any atom is -0.330 e. The van der Waals surface area contributed by atoms with Crippen LogP contribution in [-0.2, 0) is 0 Å². The Morgan fingerprint density at radius 1 is 1.48 bits per heavy atom. The molecule has 1 aliphatic heterocycles.